The zero-order valence-electron chi connectivity index (χ0n) is 15.8. The average Bonchev–Trinajstić information content (AvgIpc) is 3.08. The molecule has 1 aromatic heterocycles. The van der Waals surface area contributed by atoms with Gasteiger partial charge in [-0.2, -0.15) is 5.10 Å². The van der Waals surface area contributed by atoms with Gasteiger partial charge >= 0.3 is 0 Å². The van der Waals surface area contributed by atoms with E-state index < -0.39 is 0 Å². The zero-order chi connectivity index (χ0) is 18.1. The molecule has 1 saturated heterocycles. The number of aromatic nitrogens is 2. The molecule has 1 aliphatic carbocycles. The third-order valence-corrected chi connectivity index (χ3v) is 5.85. The van der Waals surface area contributed by atoms with E-state index in [2.05, 4.69) is 36.5 Å². The number of likely N-dealkylation sites (tertiary alicyclic amines) is 1. The van der Waals surface area contributed by atoms with Gasteiger partial charge in [-0.3, -0.25) is 4.79 Å². The first-order valence-corrected chi connectivity index (χ1v) is 9.81. The summed E-state index contributed by atoms with van der Waals surface area (Å²) in [7, 11) is 2.00. The van der Waals surface area contributed by atoms with Crippen molar-refractivity contribution in [1.82, 2.24) is 20.0 Å². The molecule has 0 atom stereocenters. The summed E-state index contributed by atoms with van der Waals surface area (Å²) in [5, 5.41) is 8.14. The van der Waals surface area contributed by atoms with E-state index in [0.29, 0.717) is 11.7 Å². The van der Waals surface area contributed by atoms with Crippen molar-refractivity contribution in [2.24, 2.45) is 0 Å². The van der Waals surface area contributed by atoms with Gasteiger partial charge in [0, 0.05) is 30.4 Å². The summed E-state index contributed by atoms with van der Waals surface area (Å²) < 4.78 is 2.02. The molecule has 2 heterocycles. The molecule has 5 nitrogen and oxygen atoms in total. The number of amides is 1. The Balaban J connectivity index is 1.66. The van der Waals surface area contributed by atoms with Gasteiger partial charge in [-0.15, -0.1) is 0 Å². The summed E-state index contributed by atoms with van der Waals surface area (Å²) in [4.78, 5) is 15.2. The zero-order valence-corrected chi connectivity index (χ0v) is 15.8. The Hall–Kier alpha value is -2.14. The lowest BCUT2D eigenvalue weighted by Crippen LogP contribution is -2.44. The van der Waals surface area contributed by atoms with Crippen LogP contribution in [0.5, 0.6) is 0 Å². The summed E-state index contributed by atoms with van der Waals surface area (Å²) in [6, 6.07) is 8.94. The first kappa shape index (κ1) is 17.3. The lowest BCUT2D eigenvalue weighted by molar-refractivity contribution is 0.0699. The number of fused-ring (bicyclic) bond motifs is 1. The fourth-order valence-corrected chi connectivity index (χ4v) is 4.19. The van der Waals surface area contributed by atoms with E-state index >= 15 is 0 Å². The number of nitrogens with zero attached hydrogens (tertiary/aromatic N) is 3. The SMILES string of the molecule is CNC1CCN(C(=O)c2nn(-c3ccc(C)cc3)c3c2CCCC3)CC1. The lowest BCUT2D eigenvalue weighted by Gasteiger charge is -2.31. The highest BCUT2D eigenvalue weighted by Crippen LogP contribution is 2.28. The molecule has 0 spiro atoms. The third-order valence-electron chi connectivity index (χ3n) is 5.85. The summed E-state index contributed by atoms with van der Waals surface area (Å²) in [6.45, 7) is 3.72. The Labute approximate surface area is 155 Å². The molecular weight excluding hydrogens is 324 g/mol. The van der Waals surface area contributed by atoms with Crippen LogP contribution in [0.3, 0.4) is 0 Å². The van der Waals surface area contributed by atoms with Crippen LogP contribution in [0, 0.1) is 6.92 Å². The molecule has 0 saturated carbocycles. The van der Waals surface area contributed by atoms with Crippen molar-refractivity contribution in [1.29, 1.82) is 0 Å². The number of carbonyl (C=O) groups is 1. The van der Waals surface area contributed by atoms with Gasteiger partial charge in [0.15, 0.2) is 5.69 Å². The number of hydrogen-bond donors (Lipinski definition) is 1. The Kier molecular flexibility index (Phi) is 4.81. The van der Waals surface area contributed by atoms with Crippen LogP contribution in [0.25, 0.3) is 5.69 Å². The monoisotopic (exact) mass is 352 g/mol. The Morgan fingerprint density at radius 3 is 2.50 bits per heavy atom. The normalized spacial score (nSPS) is 18.0. The van der Waals surface area contributed by atoms with Gasteiger partial charge < -0.3 is 10.2 Å². The molecule has 1 amide bonds. The van der Waals surface area contributed by atoms with Gasteiger partial charge in [0.25, 0.3) is 5.91 Å². The van der Waals surface area contributed by atoms with Crippen LogP contribution in [0.1, 0.15) is 53.0 Å². The molecule has 1 aromatic carbocycles. The predicted molar refractivity (Wildman–Crippen MR) is 103 cm³/mol. The standard InChI is InChI=1S/C21H28N4O/c1-15-7-9-17(10-8-15)25-19-6-4-3-5-18(19)20(23-25)21(26)24-13-11-16(22-2)12-14-24/h7-10,16,22H,3-6,11-14H2,1-2H3. The van der Waals surface area contributed by atoms with Crippen molar-refractivity contribution in [3.8, 4) is 5.69 Å². The third kappa shape index (κ3) is 3.16. The smallest absolute Gasteiger partial charge is 0.274 e. The second kappa shape index (κ2) is 7.23. The molecular formula is C21H28N4O. The van der Waals surface area contributed by atoms with Crippen LogP contribution < -0.4 is 5.32 Å². The highest BCUT2D eigenvalue weighted by atomic mass is 16.2. The molecule has 0 radical (unpaired) electrons. The first-order valence-electron chi connectivity index (χ1n) is 9.81. The Morgan fingerprint density at radius 1 is 1.12 bits per heavy atom. The number of aryl methyl sites for hydroxylation is 1. The van der Waals surface area contributed by atoms with Crippen molar-refractivity contribution in [3.05, 3.63) is 46.8 Å². The minimum absolute atomic E-state index is 0.114. The first-order chi connectivity index (χ1) is 12.7. The summed E-state index contributed by atoms with van der Waals surface area (Å²) in [5.41, 5.74) is 5.38. The fraction of sp³-hybridized carbons (Fsp3) is 0.524. The van der Waals surface area contributed by atoms with E-state index in [4.69, 9.17) is 5.10 Å². The van der Waals surface area contributed by atoms with Gasteiger partial charge in [0.2, 0.25) is 0 Å². The minimum Gasteiger partial charge on any atom is -0.337 e. The molecule has 0 bridgehead atoms. The van der Waals surface area contributed by atoms with Gasteiger partial charge in [-0.25, -0.2) is 4.68 Å². The molecule has 1 fully saturated rings. The maximum absolute atomic E-state index is 13.2. The summed E-state index contributed by atoms with van der Waals surface area (Å²) >= 11 is 0. The highest BCUT2D eigenvalue weighted by Gasteiger charge is 2.30. The second-order valence-electron chi connectivity index (χ2n) is 7.58. The number of benzene rings is 1. The van der Waals surface area contributed by atoms with Crippen LogP contribution in [-0.2, 0) is 12.8 Å². The van der Waals surface area contributed by atoms with E-state index in [9.17, 15) is 4.79 Å². The van der Waals surface area contributed by atoms with Gasteiger partial charge in [0.05, 0.1) is 5.69 Å². The van der Waals surface area contributed by atoms with Gasteiger partial charge in [0.1, 0.15) is 0 Å². The van der Waals surface area contributed by atoms with Gasteiger partial charge in [-0.05, 0) is 64.6 Å². The molecule has 26 heavy (non-hydrogen) atoms. The number of carbonyl (C=O) groups excluding carboxylic acids is 1. The predicted octanol–water partition coefficient (Wildman–Crippen LogP) is 2.88. The second-order valence-corrected chi connectivity index (χ2v) is 7.58. The largest absolute Gasteiger partial charge is 0.337 e. The van der Waals surface area contributed by atoms with Crippen molar-refractivity contribution in [2.45, 2.75) is 51.5 Å². The summed E-state index contributed by atoms with van der Waals surface area (Å²) in [5.74, 6) is 0.114. The van der Waals surface area contributed by atoms with Crippen molar-refractivity contribution in [3.63, 3.8) is 0 Å². The van der Waals surface area contributed by atoms with Crippen LogP contribution >= 0.6 is 0 Å². The van der Waals surface area contributed by atoms with E-state index in [-0.39, 0.29) is 5.91 Å². The van der Waals surface area contributed by atoms with E-state index in [1.54, 1.807) is 0 Å². The molecule has 2 aliphatic rings. The minimum atomic E-state index is 0.114. The van der Waals surface area contributed by atoms with Crippen LogP contribution in [0.2, 0.25) is 0 Å². The van der Waals surface area contributed by atoms with Crippen LogP contribution in [0.4, 0.5) is 0 Å². The number of nitrogens with one attached hydrogen (secondary N) is 1. The van der Waals surface area contributed by atoms with Crippen molar-refractivity contribution < 1.29 is 4.79 Å². The summed E-state index contributed by atoms with van der Waals surface area (Å²) in [6.07, 6.45) is 6.33. The van der Waals surface area contributed by atoms with E-state index in [1.165, 1.54) is 23.2 Å². The van der Waals surface area contributed by atoms with E-state index in [1.807, 2.05) is 16.6 Å². The number of hydrogen-bond acceptors (Lipinski definition) is 3. The maximum atomic E-state index is 13.2. The maximum Gasteiger partial charge on any atom is 0.274 e. The molecule has 138 valence electrons. The number of piperidine rings is 1. The fourth-order valence-electron chi connectivity index (χ4n) is 4.19. The Bertz CT molecular complexity index is 785. The Morgan fingerprint density at radius 2 is 1.81 bits per heavy atom. The van der Waals surface area contributed by atoms with Gasteiger partial charge in [-0.1, -0.05) is 17.7 Å². The topological polar surface area (TPSA) is 50.2 Å². The quantitative estimate of drug-likeness (QED) is 0.924. The average molecular weight is 352 g/mol. The van der Waals surface area contributed by atoms with Crippen LogP contribution in [0.15, 0.2) is 24.3 Å². The molecule has 4 rings (SSSR count). The number of rotatable bonds is 3. The van der Waals surface area contributed by atoms with Crippen molar-refractivity contribution in [2.75, 3.05) is 20.1 Å². The molecule has 1 N–H and O–H groups in total. The molecule has 5 heteroatoms. The van der Waals surface area contributed by atoms with Crippen molar-refractivity contribution >= 4 is 5.91 Å². The lowest BCUT2D eigenvalue weighted by atomic mass is 9.95. The molecule has 1 aliphatic heterocycles. The molecule has 2 aromatic rings. The van der Waals surface area contributed by atoms with E-state index in [0.717, 1.165) is 50.9 Å². The van der Waals surface area contributed by atoms with Crippen LogP contribution in [-0.4, -0.2) is 46.8 Å². The molecule has 0 unspecified atom stereocenters. The highest BCUT2D eigenvalue weighted by molar-refractivity contribution is 5.94.